The van der Waals surface area contributed by atoms with Crippen molar-refractivity contribution in [1.82, 2.24) is 9.80 Å². The normalized spacial score (nSPS) is 15.0. The van der Waals surface area contributed by atoms with Crippen molar-refractivity contribution in [2.75, 3.05) is 26.2 Å². The molecule has 0 unspecified atom stereocenters. The Labute approximate surface area is 159 Å². The molecular weight excluding hydrogens is 344 g/mol. The van der Waals surface area contributed by atoms with Gasteiger partial charge in [0.25, 0.3) is 0 Å². The first-order chi connectivity index (χ1) is 12.5. The highest BCUT2D eigenvalue weighted by Crippen LogP contribution is 2.14. The lowest BCUT2D eigenvalue weighted by Gasteiger charge is -2.22. The molecule has 26 heavy (non-hydrogen) atoms. The van der Waals surface area contributed by atoms with E-state index in [1.165, 1.54) is 11.1 Å². The molecule has 2 amide bonds. The zero-order valence-electron chi connectivity index (χ0n) is 15.5. The van der Waals surface area contributed by atoms with Crippen molar-refractivity contribution in [3.63, 3.8) is 0 Å². The SMILES string of the molecule is Cc1ccc(CC(=O)N2CCCN(C(=O)Cc3cccs3)CC2)cc1C. The van der Waals surface area contributed by atoms with Gasteiger partial charge in [0.15, 0.2) is 0 Å². The molecule has 1 saturated heterocycles. The third-order valence-electron chi connectivity index (χ3n) is 5.03. The van der Waals surface area contributed by atoms with Gasteiger partial charge in [0.05, 0.1) is 12.8 Å². The van der Waals surface area contributed by atoms with Crippen LogP contribution in [-0.2, 0) is 22.4 Å². The van der Waals surface area contributed by atoms with Crippen LogP contribution in [0.15, 0.2) is 35.7 Å². The monoisotopic (exact) mass is 370 g/mol. The third kappa shape index (κ3) is 4.73. The van der Waals surface area contributed by atoms with E-state index < -0.39 is 0 Å². The Morgan fingerprint density at radius 2 is 1.62 bits per heavy atom. The summed E-state index contributed by atoms with van der Waals surface area (Å²) in [7, 11) is 0. The van der Waals surface area contributed by atoms with Gasteiger partial charge < -0.3 is 9.80 Å². The summed E-state index contributed by atoms with van der Waals surface area (Å²) in [4.78, 5) is 30.1. The molecule has 0 radical (unpaired) electrons. The fourth-order valence-corrected chi connectivity index (χ4v) is 3.99. The smallest absolute Gasteiger partial charge is 0.227 e. The molecule has 4 nitrogen and oxygen atoms in total. The first kappa shape index (κ1) is 18.6. The Hall–Kier alpha value is -2.14. The molecule has 0 spiro atoms. The highest BCUT2D eigenvalue weighted by Gasteiger charge is 2.22. The van der Waals surface area contributed by atoms with Gasteiger partial charge in [-0.05, 0) is 48.4 Å². The molecule has 0 saturated carbocycles. The van der Waals surface area contributed by atoms with Crippen LogP contribution in [-0.4, -0.2) is 47.8 Å². The van der Waals surface area contributed by atoms with Crippen molar-refractivity contribution >= 4 is 23.2 Å². The molecule has 0 bridgehead atoms. The zero-order valence-corrected chi connectivity index (χ0v) is 16.3. The topological polar surface area (TPSA) is 40.6 Å². The number of aryl methyl sites for hydroxylation is 2. The second kappa shape index (κ2) is 8.49. The Morgan fingerprint density at radius 1 is 0.923 bits per heavy atom. The van der Waals surface area contributed by atoms with E-state index in [2.05, 4.69) is 26.0 Å². The first-order valence-electron chi connectivity index (χ1n) is 9.17. The largest absolute Gasteiger partial charge is 0.341 e. The lowest BCUT2D eigenvalue weighted by atomic mass is 10.0. The van der Waals surface area contributed by atoms with Crippen LogP contribution in [0.4, 0.5) is 0 Å². The van der Waals surface area contributed by atoms with E-state index in [1.807, 2.05) is 33.4 Å². The molecule has 0 N–H and O–H groups in total. The molecular formula is C21H26N2O2S. The average molecular weight is 371 g/mol. The van der Waals surface area contributed by atoms with Crippen LogP contribution < -0.4 is 0 Å². The summed E-state index contributed by atoms with van der Waals surface area (Å²) in [5, 5.41) is 2.00. The van der Waals surface area contributed by atoms with Gasteiger partial charge in [0.2, 0.25) is 11.8 Å². The third-order valence-corrected chi connectivity index (χ3v) is 5.91. The van der Waals surface area contributed by atoms with E-state index in [-0.39, 0.29) is 11.8 Å². The Morgan fingerprint density at radius 3 is 2.23 bits per heavy atom. The van der Waals surface area contributed by atoms with Crippen molar-refractivity contribution in [2.45, 2.75) is 33.1 Å². The molecule has 3 rings (SSSR count). The number of carbonyl (C=O) groups is 2. The summed E-state index contributed by atoms with van der Waals surface area (Å²) in [6, 6.07) is 10.2. The summed E-state index contributed by atoms with van der Waals surface area (Å²) in [6.07, 6.45) is 1.74. The maximum Gasteiger partial charge on any atom is 0.227 e. The standard InChI is InChI=1S/C21H26N2O2S/c1-16-6-7-18(13-17(16)2)14-20(24)22-8-4-9-23(11-10-22)21(25)15-19-5-3-12-26-19/h3,5-7,12-13H,4,8-11,14-15H2,1-2H3. The van der Waals surface area contributed by atoms with E-state index in [9.17, 15) is 9.59 Å². The van der Waals surface area contributed by atoms with Gasteiger partial charge in [-0.1, -0.05) is 24.3 Å². The molecule has 1 aromatic heterocycles. The average Bonchev–Trinajstić information content (AvgIpc) is 2.99. The molecule has 1 aromatic carbocycles. The van der Waals surface area contributed by atoms with Crippen LogP contribution in [0.1, 0.15) is 28.0 Å². The first-order valence-corrected chi connectivity index (χ1v) is 10.0. The van der Waals surface area contributed by atoms with Gasteiger partial charge in [-0.15, -0.1) is 11.3 Å². The van der Waals surface area contributed by atoms with Gasteiger partial charge in [-0.3, -0.25) is 9.59 Å². The summed E-state index contributed by atoms with van der Waals surface area (Å²) in [5.74, 6) is 0.316. The number of rotatable bonds is 4. The Balaban J connectivity index is 1.54. The van der Waals surface area contributed by atoms with Gasteiger partial charge >= 0.3 is 0 Å². The van der Waals surface area contributed by atoms with Crippen molar-refractivity contribution in [3.05, 3.63) is 57.3 Å². The molecule has 5 heteroatoms. The second-order valence-electron chi connectivity index (χ2n) is 6.97. The number of thiophene rings is 1. The molecule has 2 aromatic rings. The molecule has 1 aliphatic rings. The van der Waals surface area contributed by atoms with Crippen LogP contribution in [0.2, 0.25) is 0 Å². The fraction of sp³-hybridized carbons (Fsp3) is 0.429. The number of amides is 2. The number of hydrogen-bond donors (Lipinski definition) is 0. The van der Waals surface area contributed by atoms with Gasteiger partial charge in [-0.25, -0.2) is 0 Å². The Kier molecular flexibility index (Phi) is 6.09. The van der Waals surface area contributed by atoms with Crippen molar-refractivity contribution in [1.29, 1.82) is 0 Å². The molecule has 0 atom stereocenters. The van der Waals surface area contributed by atoms with Crippen LogP contribution in [0.5, 0.6) is 0 Å². The fourth-order valence-electron chi connectivity index (χ4n) is 3.29. The van der Waals surface area contributed by atoms with E-state index in [0.717, 1.165) is 30.0 Å². The highest BCUT2D eigenvalue weighted by molar-refractivity contribution is 7.10. The van der Waals surface area contributed by atoms with E-state index >= 15 is 0 Å². The van der Waals surface area contributed by atoms with Gasteiger partial charge in [0, 0.05) is 31.1 Å². The summed E-state index contributed by atoms with van der Waals surface area (Å²) in [6.45, 7) is 6.87. The zero-order chi connectivity index (χ0) is 18.5. The minimum absolute atomic E-state index is 0.154. The van der Waals surface area contributed by atoms with Crippen LogP contribution >= 0.6 is 11.3 Å². The van der Waals surface area contributed by atoms with E-state index in [0.29, 0.717) is 25.9 Å². The van der Waals surface area contributed by atoms with Crippen molar-refractivity contribution in [2.24, 2.45) is 0 Å². The molecule has 138 valence electrons. The van der Waals surface area contributed by atoms with Gasteiger partial charge in [-0.2, -0.15) is 0 Å². The summed E-state index contributed by atoms with van der Waals surface area (Å²) < 4.78 is 0. The molecule has 1 fully saturated rings. The Bertz CT molecular complexity index is 770. The number of benzene rings is 1. The lowest BCUT2D eigenvalue weighted by molar-refractivity contribution is -0.132. The quantitative estimate of drug-likeness (QED) is 0.829. The molecule has 1 aliphatic heterocycles. The lowest BCUT2D eigenvalue weighted by Crippen LogP contribution is -2.38. The number of nitrogens with zero attached hydrogens (tertiary/aromatic N) is 2. The second-order valence-corrected chi connectivity index (χ2v) is 8.00. The number of hydrogen-bond acceptors (Lipinski definition) is 3. The van der Waals surface area contributed by atoms with Crippen molar-refractivity contribution in [3.8, 4) is 0 Å². The summed E-state index contributed by atoms with van der Waals surface area (Å²) >= 11 is 1.62. The van der Waals surface area contributed by atoms with Crippen LogP contribution in [0, 0.1) is 13.8 Å². The van der Waals surface area contributed by atoms with E-state index in [4.69, 9.17) is 0 Å². The minimum atomic E-state index is 0.154. The summed E-state index contributed by atoms with van der Waals surface area (Å²) in [5.41, 5.74) is 3.53. The maximum atomic E-state index is 12.7. The van der Waals surface area contributed by atoms with E-state index in [1.54, 1.807) is 11.3 Å². The highest BCUT2D eigenvalue weighted by atomic mass is 32.1. The van der Waals surface area contributed by atoms with Crippen LogP contribution in [0.3, 0.4) is 0 Å². The van der Waals surface area contributed by atoms with Crippen molar-refractivity contribution < 1.29 is 9.59 Å². The predicted molar refractivity (Wildman–Crippen MR) is 105 cm³/mol. The van der Waals surface area contributed by atoms with Crippen LogP contribution in [0.25, 0.3) is 0 Å². The minimum Gasteiger partial charge on any atom is -0.341 e. The van der Waals surface area contributed by atoms with Gasteiger partial charge in [0.1, 0.15) is 0 Å². The maximum absolute atomic E-state index is 12.7. The molecule has 0 aliphatic carbocycles. The predicted octanol–water partition coefficient (Wildman–Crippen LogP) is 3.21. The molecule has 2 heterocycles. The number of carbonyl (C=O) groups excluding carboxylic acids is 2.